The van der Waals surface area contributed by atoms with Crippen molar-refractivity contribution in [1.29, 1.82) is 0 Å². The van der Waals surface area contributed by atoms with E-state index >= 15 is 0 Å². The minimum atomic E-state index is -0.745. The summed E-state index contributed by atoms with van der Waals surface area (Å²) in [6.07, 6.45) is -0.0874. The predicted octanol–water partition coefficient (Wildman–Crippen LogP) is 1.44. The maximum atomic E-state index is 9.49. The van der Waals surface area contributed by atoms with E-state index in [9.17, 15) is 5.11 Å². The first kappa shape index (κ1) is 10.6. The van der Waals surface area contributed by atoms with Crippen molar-refractivity contribution >= 4 is 0 Å². The van der Waals surface area contributed by atoms with Gasteiger partial charge in [-0.2, -0.15) is 0 Å². The molecule has 0 spiro atoms. The molecule has 0 saturated carbocycles. The molecular weight excluding hydrogens is 144 g/mol. The van der Waals surface area contributed by atoms with Crippen LogP contribution in [0.5, 0.6) is 0 Å². The second-order valence-electron chi connectivity index (χ2n) is 3.62. The zero-order valence-electron chi connectivity index (χ0n) is 7.24. The molecule has 0 fully saturated rings. The molecule has 0 radical (unpaired) electrons. The van der Waals surface area contributed by atoms with Crippen LogP contribution in [0.4, 0.5) is 0 Å². The molecule has 0 aromatic heterocycles. The average molecular weight is 160 g/mol. The van der Waals surface area contributed by atoms with Crippen LogP contribution in [0, 0.1) is 5.41 Å². The molecule has 0 aliphatic rings. The number of aliphatic hydroxyl groups excluding tert-OH is 1. The number of hydrogen-bond acceptors (Lipinski definition) is 3. The molecule has 3 heteroatoms. The molecular formula is C8H16O3. The van der Waals surface area contributed by atoms with Crippen molar-refractivity contribution in [2.75, 3.05) is 0 Å². The van der Waals surface area contributed by atoms with Gasteiger partial charge >= 0.3 is 0 Å². The zero-order chi connectivity index (χ0) is 9.07. The van der Waals surface area contributed by atoms with E-state index in [0.29, 0.717) is 0 Å². The van der Waals surface area contributed by atoms with E-state index in [-0.39, 0.29) is 5.41 Å². The predicted molar refractivity (Wildman–Crippen MR) is 43.2 cm³/mol. The molecule has 0 aliphatic carbocycles. The third kappa shape index (κ3) is 3.01. The molecule has 0 rings (SSSR count). The first-order chi connectivity index (χ1) is 4.93. The van der Waals surface area contributed by atoms with Crippen molar-refractivity contribution < 1.29 is 15.3 Å². The molecule has 2 N–H and O–H groups in total. The Balaban J connectivity index is 4.20. The fraction of sp³-hybridized carbons (Fsp3) is 0.750. The highest BCUT2D eigenvalue weighted by Gasteiger charge is 2.29. The fourth-order valence-electron chi connectivity index (χ4n) is 0.722. The van der Waals surface area contributed by atoms with Crippen LogP contribution in [0.3, 0.4) is 0 Å². The molecule has 2 atom stereocenters. The molecule has 0 aliphatic heterocycles. The van der Waals surface area contributed by atoms with E-state index in [1.165, 1.54) is 6.08 Å². The molecule has 3 nitrogen and oxygen atoms in total. The van der Waals surface area contributed by atoms with Gasteiger partial charge in [0.25, 0.3) is 0 Å². The highest BCUT2D eigenvalue weighted by atomic mass is 17.1. The minimum Gasteiger partial charge on any atom is -0.389 e. The second kappa shape index (κ2) is 3.85. The lowest BCUT2D eigenvalue weighted by atomic mass is 9.86. The summed E-state index contributed by atoms with van der Waals surface area (Å²) in [6.45, 7) is 8.98. The van der Waals surface area contributed by atoms with Crippen molar-refractivity contribution in [3.63, 3.8) is 0 Å². The number of aliphatic hydroxyl groups is 1. The van der Waals surface area contributed by atoms with E-state index in [2.05, 4.69) is 11.5 Å². The molecule has 11 heavy (non-hydrogen) atoms. The summed E-state index contributed by atoms with van der Waals surface area (Å²) in [6, 6.07) is 0. The van der Waals surface area contributed by atoms with Gasteiger partial charge < -0.3 is 5.11 Å². The van der Waals surface area contributed by atoms with Gasteiger partial charge in [0.2, 0.25) is 0 Å². The standard InChI is InChI=1S/C8H16O3/c1-5-6(11-10)7(9)8(2,3)4/h5-7,9-10H,1H2,2-4H3/t6-,7+/m1/s1. The summed E-state index contributed by atoms with van der Waals surface area (Å²) in [7, 11) is 0. The van der Waals surface area contributed by atoms with E-state index in [1.807, 2.05) is 20.8 Å². The lowest BCUT2D eigenvalue weighted by Gasteiger charge is -2.29. The summed E-state index contributed by atoms with van der Waals surface area (Å²) >= 11 is 0. The zero-order valence-corrected chi connectivity index (χ0v) is 7.24. The average Bonchev–Trinajstić information content (AvgIpc) is 1.88. The van der Waals surface area contributed by atoms with Crippen molar-refractivity contribution in [2.45, 2.75) is 33.0 Å². The highest BCUT2D eigenvalue weighted by molar-refractivity contribution is 4.90. The molecule has 0 heterocycles. The summed E-state index contributed by atoms with van der Waals surface area (Å²) in [5, 5.41) is 17.8. The minimum absolute atomic E-state index is 0.318. The molecule has 0 saturated heterocycles. The topological polar surface area (TPSA) is 49.7 Å². The molecule has 0 amide bonds. The summed E-state index contributed by atoms with van der Waals surface area (Å²) in [5.41, 5.74) is -0.318. The molecule has 0 aromatic carbocycles. The largest absolute Gasteiger partial charge is 0.389 e. The van der Waals surface area contributed by atoms with Crippen molar-refractivity contribution in [1.82, 2.24) is 0 Å². The third-order valence-corrected chi connectivity index (χ3v) is 1.55. The van der Waals surface area contributed by atoms with E-state index < -0.39 is 12.2 Å². The normalized spacial score (nSPS) is 17.5. The molecule has 0 bridgehead atoms. The second-order valence-corrected chi connectivity index (χ2v) is 3.62. The number of rotatable bonds is 3. The van der Waals surface area contributed by atoms with Gasteiger partial charge in [0.05, 0.1) is 6.10 Å². The van der Waals surface area contributed by atoms with Crippen molar-refractivity contribution in [3.05, 3.63) is 12.7 Å². The van der Waals surface area contributed by atoms with Gasteiger partial charge in [0.15, 0.2) is 0 Å². The van der Waals surface area contributed by atoms with Gasteiger partial charge in [-0.15, -0.1) is 6.58 Å². The van der Waals surface area contributed by atoms with Crippen LogP contribution >= 0.6 is 0 Å². The smallest absolute Gasteiger partial charge is 0.137 e. The van der Waals surface area contributed by atoms with Gasteiger partial charge in [-0.25, -0.2) is 4.89 Å². The van der Waals surface area contributed by atoms with Crippen molar-refractivity contribution in [3.8, 4) is 0 Å². The van der Waals surface area contributed by atoms with E-state index in [4.69, 9.17) is 5.26 Å². The van der Waals surface area contributed by atoms with Crippen LogP contribution in [0.15, 0.2) is 12.7 Å². The van der Waals surface area contributed by atoms with Crippen LogP contribution in [-0.4, -0.2) is 22.6 Å². The number of hydrogen-bond donors (Lipinski definition) is 2. The Labute approximate surface area is 67.2 Å². The van der Waals surface area contributed by atoms with Crippen LogP contribution in [0.25, 0.3) is 0 Å². The highest BCUT2D eigenvalue weighted by Crippen LogP contribution is 2.23. The quantitative estimate of drug-likeness (QED) is 0.373. The van der Waals surface area contributed by atoms with E-state index in [0.717, 1.165) is 0 Å². The Hall–Kier alpha value is -0.380. The van der Waals surface area contributed by atoms with Gasteiger partial charge in [-0.1, -0.05) is 26.8 Å². The maximum absolute atomic E-state index is 9.49. The van der Waals surface area contributed by atoms with Crippen LogP contribution in [0.1, 0.15) is 20.8 Å². The lowest BCUT2D eigenvalue weighted by molar-refractivity contribution is -0.290. The molecule has 0 aromatic rings. The van der Waals surface area contributed by atoms with Gasteiger partial charge in [-0.05, 0) is 5.41 Å². The van der Waals surface area contributed by atoms with Gasteiger partial charge in [-0.3, -0.25) is 5.26 Å². The SMILES string of the molecule is C=C[C@@H](OO)[C@H](O)C(C)(C)C. The maximum Gasteiger partial charge on any atom is 0.137 e. The molecule has 66 valence electrons. The van der Waals surface area contributed by atoms with Gasteiger partial charge in [0.1, 0.15) is 6.10 Å². The summed E-state index contributed by atoms with van der Waals surface area (Å²) in [4.78, 5) is 4.02. The monoisotopic (exact) mass is 160 g/mol. The first-order valence-electron chi connectivity index (χ1n) is 3.54. The lowest BCUT2D eigenvalue weighted by Crippen LogP contribution is -2.37. The van der Waals surface area contributed by atoms with Crippen LogP contribution < -0.4 is 0 Å². The Morgan fingerprint density at radius 3 is 2.00 bits per heavy atom. The van der Waals surface area contributed by atoms with Crippen molar-refractivity contribution in [2.24, 2.45) is 5.41 Å². The Morgan fingerprint density at radius 1 is 1.45 bits per heavy atom. The Bertz CT molecular complexity index is 126. The summed E-state index contributed by atoms with van der Waals surface area (Å²) in [5.74, 6) is 0. The molecule has 0 unspecified atom stereocenters. The summed E-state index contributed by atoms with van der Waals surface area (Å²) < 4.78 is 0. The third-order valence-electron chi connectivity index (χ3n) is 1.55. The van der Waals surface area contributed by atoms with Crippen LogP contribution in [0.2, 0.25) is 0 Å². The Morgan fingerprint density at radius 2 is 1.91 bits per heavy atom. The fourth-order valence-corrected chi connectivity index (χ4v) is 0.722. The Kier molecular flexibility index (Phi) is 3.72. The van der Waals surface area contributed by atoms with Crippen LogP contribution in [-0.2, 0) is 4.89 Å². The first-order valence-corrected chi connectivity index (χ1v) is 3.54. The van der Waals surface area contributed by atoms with Gasteiger partial charge in [0, 0.05) is 0 Å². The van der Waals surface area contributed by atoms with E-state index in [1.54, 1.807) is 0 Å².